The van der Waals surface area contributed by atoms with E-state index in [-0.39, 0.29) is 5.95 Å². The average molecular weight is 319 g/mol. The molecule has 0 atom stereocenters. The molecule has 2 aromatic heterocycles. The van der Waals surface area contributed by atoms with E-state index in [1.807, 2.05) is 36.4 Å². The molecule has 0 aliphatic heterocycles. The summed E-state index contributed by atoms with van der Waals surface area (Å²) >= 11 is 0. The Morgan fingerprint density at radius 3 is 1.67 bits per heavy atom. The smallest absolute Gasteiger partial charge is 0.221 e. The Labute approximate surface area is 138 Å². The normalized spacial score (nSPS) is 10.3. The van der Waals surface area contributed by atoms with Crippen LogP contribution in [0.15, 0.2) is 54.7 Å². The molecule has 7 nitrogen and oxygen atoms in total. The topological polar surface area (TPSA) is 143 Å². The second-order valence-corrected chi connectivity index (χ2v) is 5.23. The van der Waals surface area contributed by atoms with E-state index >= 15 is 0 Å². The van der Waals surface area contributed by atoms with Gasteiger partial charge in [-0.2, -0.15) is 4.98 Å². The molecule has 0 saturated heterocycles. The van der Waals surface area contributed by atoms with Crippen LogP contribution in [0.1, 0.15) is 0 Å². The predicted molar refractivity (Wildman–Crippen MR) is 98.9 cm³/mol. The Morgan fingerprint density at radius 1 is 0.625 bits per heavy atom. The zero-order valence-electron chi connectivity index (χ0n) is 12.8. The highest BCUT2D eigenvalue weighted by molar-refractivity contribution is 5.94. The van der Waals surface area contributed by atoms with Crippen LogP contribution in [0, 0.1) is 0 Å². The number of aromatic nitrogens is 3. The van der Waals surface area contributed by atoms with Gasteiger partial charge in [0, 0.05) is 28.3 Å². The molecule has 7 heteroatoms. The number of nitrogens with zero attached hydrogens (tertiary/aromatic N) is 3. The molecule has 0 bridgehead atoms. The van der Waals surface area contributed by atoms with Crippen molar-refractivity contribution >= 4 is 44.9 Å². The third-order valence-electron chi connectivity index (χ3n) is 3.36. The summed E-state index contributed by atoms with van der Waals surface area (Å²) in [6.45, 7) is 0. The van der Waals surface area contributed by atoms with Gasteiger partial charge in [-0.05, 0) is 36.4 Å². The highest BCUT2D eigenvalue weighted by Gasteiger charge is 2.00. The molecule has 0 fully saturated rings. The first kappa shape index (κ1) is 15.3. The van der Waals surface area contributed by atoms with Gasteiger partial charge < -0.3 is 22.9 Å². The lowest BCUT2D eigenvalue weighted by Crippen LogP contribution is -1.96. The summed E-state index contributed by atoms with van der Waals surface area (Å²) in [4.78, 5) is 11.8. The molecule has 4 aromatic rings. The summed E-state index contributed by atoms with van der Waals surface area (Å²) in [5.74, 6) is 0.613. The molecule has 4 rings (SSSR count). The number of pyridine rings is 1. The van der Waals surface area contributed by atoms with Gasteiger partial charge in [-0.15, -0.1) is 0 Å². The fourth-order valence-electron chi connectivity index (χ4n) is 2.24. The van der Waals surface area contributed by atoms with E-state index in [2.05, 4.69) is 21.0 Å². The molecular weight excluding hydrogens is 302 g/mol. The monoisotopic (exact) mass is 319 g/mol. The summed E-state index contributed by atoms with van der Waals surface area (Å²) in [5, 5.41) is 2.18. The minimum atomic E-state index is 0.213. The molecule has 0 radical (unpaired) electrons. The number of benzene rings is 2. The van der Waals surface area contributed by atoms with Crippen molar-refractivity contribution in [1.29, 1.82) is 0 Å². The second-order valence-electron chi connectivity index (χ2n) is 5.23. The SMILES string of the molecule is Nc1ccc2cc3ccc(N)cc3nc2c1.Nc1ccnc(N)n1. The van der Waals surface area contributed by atoms with Gasteiger partial charge in [-0.3, -0.25) is 0 Å². The molecule has 2 heterocycles. The van der Waals surface area contributed by atoms with Crippen molar-refractivity contribution in [2.24, 2.45) is 0 Å². The quantitative estimate of drug-likeness (QED) is 0.287. The Morgan fingerprint density at radius 2 is 1.21 bits per heavy atom. The Bertz CT molecular complexity index is 940. The first-order valence-corrected chi connectivity index (χ1v) is 7.21. The van der Waals surface area contributed by atoms with E-state index in [9.17, 15) is 0 Å². The Hall–Kier alpha value is -3.61. The van der Waals surface area contributed by atoms with Gasteiger partial charge in [0.25, 0.3) is 0 Å². The maximum Gasteiger partial charge on any atom is 0.221 e. The fraction of sp³-hybridized carbons (Fsp3) is 0. The number of nitrogen functional groups attached to an aromatic ring is 4. The van der Waals surface area contributed by atoms with Crippen LogP contribution in [-0.4, -0.2) is 15.0 Å². The third kappa shape index (κ3) is 3.41. The van der Waals surface area contributed by atoms with Gasteiger partial charge >= 0.3 is 0 Å². The van der Waals surface area contributed by atoms with Gasteiger partial charge in [-0.25, -0.2) is 9.97 Å². The standard InChI is InChI=1S/C13H11N3.C4H6N4/c14-10-3-1-8-5-9-2-4-11(15)7-13(9)16-12(8)6-10;5-3-1-2-7-4(6)8-3/h1-7H,14-15H2;1-2H,(H4,5,6,7,8). The Balaban J connectivity index is 0.000000179. The summed E-state index contributed by atoms with van der Waals surface area (Å²) < 4.78 is 0. The number of fused-ring (bicyclic) bond motifs is 2. The third-order valence-corrected chi connectivity index (χ3v) is 3.36. The van der Waals surface area contributed by atoms with Gasteiger partial charge in [-0.1, -0.05) is 12.1 Å². The number of rotatable bonds is 0. The van der Waals surface area contributed by atoms with Crippen LogP contribution in [0.3, 0.4) is 0 Å². The first-order chi connectivity index (χ1) is 11.5. The lowest BCUT2D eigenvalue weighted by Gasteiger charge is -2.03. The molecule has 0 saturated carbocycles. The molecular formula is C17H17N7. The Kier molecular flexibility index (Phi) is 3.98. The van der Waals surface area contributed by atoms with Crippen molar-refractivity contribution in [3.63, 3.8) is 0 Å². The van der Waals surface area contributed by atoms with Gasteiger partial charge in [0.2, 0.25) is 5.95 Å². The predicted octanol–water partition coefficient (Wildman–Crippen LogP) is 2.19. The van der Waals surface area contributed by atoms with Crippen LogP contribution in [0.25, 0.3) is 21.8 Å². The van der Waals surface area contributed by atoms with Gasteiger partial charge in [0.1, 0.15) is 5.82 Å². The summed E-state index contributed by atoms with van der Waals surface area (Å²) in [6, 6.07) is 15.1. The van der Waals surface area contributed by atoms with Crippen LogP contribution < -0.4 is 22.9 Å². The number of hydrogen-bond acceptors (Lipinski definition) is 7. The van der Waals surface area contributed by atoms with Crippen LogP contribution in [0.5, 0.6) is 0 Å². The van der Waals surface area contributed by atoms with Crippen LogP contribution in [-0.2, 0) is 0 Å². The summed E-state index contributed by atoms with van der Waals surface area (Å²) in [5.41, 5.74) is 25.1. The molecule has 8 N–H and O–H groups in total. The molecule has 0 aliphatic carbocycles. The van der Waals surface area contributed by atoms with Crippen molar-refractivity contribution < 1.29 is 0 Å². The van der Waals surface area contributed by atoms with Crippen LogP contribution in [0.4, 0.5) is 23.1 Å². The molecule has 24 heavy (non-hydrogen) atoms. The maximum absolute atomic E-state index is 5.73. The van der Waals surface area contributed by atoms with Crippen molar-refractivity contribution in [2.75, 3.05) is 22.9 Å². The highest BCUT2D eigenvalue weighted by atomic mass is 15.0. The zero-order chi connectivity index (χ0) is 17.1. The maximum atomic E-state index is 5.73. The van der Waals surface area contributed by atoms with Crippen molar-refractivity contribution in [1.82, 2.24) is 15.0 Å². The summed E-state index contributed by atoms with van der Waals surface area (Å²) in [6.07, 6.45) is 1.51. The molecule has 0 spiro atoms. The molecule has 0 unspecified atom stereocenters. The van der Waals surface area contributed by atoms with Crippen molar-refractivity contribution in [2.45, 2.75) is 0 Å². The number of nitrogens with two attached hydrogens (primary N) is 4. The van der Waals surface area contributed by atoms with Crippen molar-refractivity contribution in [3.05, 3.63) is 54.7 Å². The average Bonchev–Trinajstić information content (AvgIpc) is 2.53. The van der Waals surface area contributed by atoms with E-state index in [0.29, 0.717) is 5.82 Å². The fourth-order valence-corrected chi connectivity index (χ4v) is 2.24. The summed E-state index contributed by atoms with van der Waals surface area (Å²) in [7, 11) is 0. The minimum absolute atomic E-state index is 0.213. The largest absolute Gasteiger partial charge is 0.399 e. The molecule has 120 valence electrons. The lowest BCUT2D eigenvalue weighted by atomic mass is 10.1. The van der Waals surface area contributed by atoms with Gasteiger partial charge in [0.05, 0.1) is 11.0 Å². The van der Waals surface area contributed by atoms with Crippen LogP contribution in [0.2, 0.25) is 0 Å². The van der Waals surface area contributed by atoms with Crippen LogP contribution >= 0.6 is 0 Å². The number of anilines is 4. The van der Waals surface area contributed by atoms with E-state index in [0.717, 1.165) is 33.2 Å². The molecule has 2 aromatic carbocycles. The second kappa shape index (κ2) is 6.25. The van der Waals surface area contributed by atoms with E-state index in [4.69, 9.17) is 22.9 Å². The van der Waals surface area contributed by atoms with Crippen molar-refractivity contribution in [3.8, 4) is 0 Å². The van der Waals surface area contributed by atoms with E-state index in [1.165, 1.54) is 6.20 Å². The number of hydrogen-bond donors (Lipinski definition) is 4. The highest BCUT2D eigenvalue weighted by Crippen LogP contribution is 2.22. The minimum Gasteiger partial charge on any atom is -0.399 e. The first-order valence-electron chi connectivity index (χ1n) is 7.21. The molecule has 0 aliphatic rings. The van der Waals surface area contributed by atoms with E-state index < -0.39 is 0 Å². The zero-order valence-corrected chi connectivity index (χ0v) is 12.8. The van der Waals surface area contributed by atoms with E-state index in [1.54, 1.807) is 6.07 Å². The molecule has 0 amide bonds. The lowest BCUT2D eigenvalue weighted by molar-refractivity contribution is 1.19. The van der Waals surface area contributed by atoms with Gasteiger partial charge in [0.15, 0.2) is 0 Å².